The minimum Gasteiger partial charge on any atom is -0.452 e. The monoisotopic (exact) mass is 408 g/mol. The number of nitrogens with zero attached hydrogens (tertiary/aromatic N) is 1. The quantitative estimate of drug-likeness (QED) is 0.451. The Hall–Kier alpha value is -2.86. The lowest BCUT2D eigenvalue weighted by molar-refractivity contribution is -0.150. The van der Waals surface area contributed by atoms with Crippen molar-refractivity contribution in [3.8, 4) is 0 Å². The Bertz CT molecular complexity index is 1020. The molecule has 5 nitrogen and oxygen atoms in total. The van der Waals surface area contributed by atoms with Crippen LogP contribution in [0, 0.1) is 6.92 Å². The third-order valence-corrected chi connectivity index (χ3v) is 5.43. The minimum absolute atomic E-state index is 0.0909. The van der Waals surface area contributed by atoms with Crippen LogP contribution in [-0.4, -0.2) is 28.7 Å². The first kappa shape index (κ1) is 20.9. The van der Waals surface area contributed by atoms with Gasteiger partial charge in [-0.15, -0.1) is 0 Å². The number of benzene rings is 2. The van der Waals surface area contributed by atoms with Gasteiger partial charge in [0, 0.05) is 11.1 Å². The lowest BCUT2D eigenvalue weighted by Gasteiger charge is -2.14. The number of anilines is 1. The maximum atomic E-state index is 12.3. The molecule has 0 saturated carbocycles. The summed E-state index contributed by atoms with van der Waals surface area (Å²) in [5.74, 6) is -0.716. The topological polar surface area (TPSA) is 68.3 Å². The van der Waals surface area contributed by atoms with Gasteiger partial charge < -0.3 is 10.1 Å². The van der Waals surface area contributed by atoms with Crippen LogP contribution < -0.4 is 5.32 Å². The van der Waals surface area contributed by atoms with Gasteiger partial charge in [-0.25, -0.2) is 4.98 Å². The number of hydrogen-bond donors (Lipinski definition) is 1. The van der Waals surface area contributed by atoms with Gasteiger partial charge in [-0.05, 0) is 55.7 Å². The van der Waals surface area contributed by atoms with Crippen LogP contribution in [0.3, 0.4) is 0 Å². The molecule has 3 rings (SSSR count). The first-order valence-electron chi connectivity index (χ1n) is 9.54. The fourth-order valence-corrected chi connectivity index (χ4v) is 3.63. The molecule has 0 saturated heterocycles. The number of ether oxygens (including phenoxy) is 1. The van der Waals surface area contributed by atoms with E-state index in [-0.39, 0.29) is 11.7 Å². The zero-order valence-electron chi connectivity index (χ0n) is 16.8. The standard InChI is InChI=1S/C23H24N2O3S/c1-4-17-9-11-18(12-10-17)24-23(27)16(3)28-22(26)14-29-21-13-15(2)19-7-5-6-8-20(19)25-21/h5-13,16H,4,14H2,1-3H3,(H,24,27). The molecule has 3 aromatic rings. The van der Waals surface area contributed by atoms with Gasteiger partial charge in [0.1, 0.15) is 0 Å². The summed E-state index contributed by atoms with van der Waals surface area (Å²) in [6.07, 6.45) is 0.0612. The highest BCUT2D eigenvalue weighted by Gasteiger charge is 2.18. The molecule has 0 fully saturated rings. The molecule has 0 spiro atoms. The van der Waals surface area contributed by atoms with E-state index in [4.69, 9.17) is 4.74 Å². The van der Waals surface area contributed by atoms with E-state index < -0.39 is 12.1 Å². The highest BCUT2D eigenvalue weighted by atomic mass is 32.2. The van der Waals surface area contributed by atoms with Crippen molar-refractivity contribution in [2.24, 2.45) is 0 Å². The summed E-state index contributed by atoms with van der Waals surface area (Å²) in [5.41, 5.74) is 3.87. The molecule has 1 aromatic heterocycles. The number of para-hydroxylation sites is 1. The van der Waals surface area contributed by atoms with Gasteiger partial charge in [-0.1, -0.05) is 49.0 Å². The van der Waals surface area contributed by atoms with Gasteiger partial charge in [0.25, 0.3) is 5.91 Å². The summed E-state index contributed by atoms with van der Waals surface area (Å²) < 4.78 is 5.27. The van der Waals surface area contributed by atoms with Gasteiger partial charge in [-0.3, -0.25) is 9.59 Å². The molecule has 0 aliphatic rings. The number of fused-ring (bicyclic) bond motifs is 1. The Morgan fingerprint density at radius 1 is 1.14 bits per heavy atom. The molecule has 1 heterocycles. The molecule has 2 aromatic carbocycles. The first-order chi connectivity index (χ1) is 14.0. The van der Waals surface area contributed by atoms with Crippen molar-refractivity contribution < 1.29 is 14.3 Å². The van der Waals surface area contributed by atoms with Crippen LogP contribution in [-0.2, 0) is 20.7 Å². The van der Waals surface area contributed by atoms with Crippen LogP contribution in [0.5, 0.6) is 0 Å². The Morgan fingerprint density at radius 2 is 1.86 bits per heavy atom. The molecular weight excluding hydrogens is 384 g/mol. The van der Waals surface area contributed by atoms with E-state index in [0.717, 1.165) is 27.9 Å². The van der Waals surface area contributed by atoms with Gasteiger partial charge in [0.05, 0.1) is 16.3 Å². The molecule has 0 bridgehead atoms. The molecule has 0 radical (unpaired) electrons. The van der Waals surface area contributed by atoms with Gasteiger partial charge >= 0.3 is 5.97 Å². The van der Waals surface area contributed by atoms with Gasteiger partial charge in [0.2, 0.25) is 0 Å². The van der Waals surface area contributed by atoms with Crippen molar-refractivity contribution in [2.45, 2.75) is 38.3 Å². The molecule has 150 valence electrons. The summed E-state index contributed by atoms with van der Waals surface area (Å²) in [6, 6.07) is 17.4. The first-order valence-corrected chi connectivity index (χ1v) is 10.5. The van der Waals surface area contributed by atoms with Crippen molar-refractivity contribution in [3.63, 3.8) is 0 Å². The average Bonchev–Trinajstić information content (AvgIpc) is 2.73. The van der Waals surface area contributed by atoms with Crippen LogP contribution in [0.2, 0.25) is 0 Å². The maximum Gasteiger partial charge on any atom is 0.317 e. The zero-order chi connectivity index (χ0) is 20.8. The van der Waals surface area contributed by atoms with Crippen molar-refractivity contribution in [1.82, 2.24) is 4.98 Å². The number of aryl methyl sites for hydroxylation is 2. The number of nitrogens with one attached hydrogen (secondary N) is 1. The second-order valence-corrected chi connectivity index (χ2v) is 7.75. The number of aromatic nitrogens is 1. The van der Waals surface area contributed by atoms with E-state index >= 15 is 0 Å². The number of carbonyl (C=O) groups is 2. The normalized spacial score (nSPS) is 11.8. The Kier molecular flexibility index (Phi) is 6.88. The van der Waals surface area contributed by atoms with Crippen molar-refractivity contribution in [2.75, 3.05) is 11.1 Å². The highest BCUT2D eigenvalue weighted by molar-refractivity contribution is 7.99. The molecule has 0 aliphatic heterocycles. The van der Waals surface area contributed by atoms with Crippen molar-refractivity contribution >= 4 is 40.2 Å². The fraction of sp³-hybridized carbons (Fsp3) is 0.261. The lowest BCUT2D eigenvalue weighted by atomic mass is 10.1. The summed E-state index contributed by atoms with van der Waals surface area (Å²) in [5, 5.41) is 4.61. The van der Waals surface area contributed by atoms with Gasteiger partial charge in [0.15, 0.2) is 6.10 Å². The summed E-state index contributed by atoms with van der Waals surface area (Å²) in [4.78, 5) is 29.0. The third kappa shape index (κ3) is 5.57. The minimum atomic E-state index is -0.875. The molecule has 1 amide bonds. The highest BCUT2D eigenvalue weighted by Crippen LogP contribution is 2.23. The van der Waals surface area contributed by atoms with E-state index in [1.165, 1.54) is 17.3 Å². The number of carbonyl (C=O) groups excluding carboxylic acids is 2. The molecule has 1 atom stereocenters. The summed E-state index contributed by atoms with van der Waals surface area (Å²) in [6.45, 7) is 5.66. The average molecular weight is 409 g/mol. The van der Waals surface area contributed by atoms with Crippen LogP contribution in [0.25, 0.3) is 10.9 Å². The molecule has 29 heavy (non-hydrogen) atoms. The van der Waals surface area contributed by atoms with E-state index in [9.17, 15) is 9.59 Å². The van der Waals surface area contributed by atoms with Crippen LogP contribution in [0.1, 0.15) is 25.0 Å². The number of amides is 1. The second-order valence-electron chi connectivity index (χ2n) is 6.76. The number of pyridine rings is 1. The number of rotatable bonds is 7. The molecular formula is C23H24N2O3S. The third-order valence-electron chi connectivity index (χ3n) is 4.54. The summed E-state index contributed by atoms with van der Waals surface area (Å²) >= 11 is 1.30. The van der Waals surface area contributed by atoms with E-state index in [0.29, 0.717) is 5.69 Å². The Balaban J connectivity index is 1.52. The zero-order valence-corrected chi connectivity index (χ0v) is 17.6. The predicted molar refractivity (Wildman–Crippen MR) is 117 cm³/mol. The molecule has 1 unspecified atom stereocenters. The van der Waals surface area contributed by atoms with Crippen molar-refractivity contribution in [3.05, 3.63) is 65.7 Å². The van der Waals surface area contributed by atoms with E-state index in [1.807, 2.05) is 61.5 Å². The molecule has 6 heteroatoms. The largest absolute Gasteiger partial charge is 0.452 e. The Morgan fingerprint density at radius 3 is 2.59 bits per heavy atom. The molecule has 1 N–H and O–H groups in total. The van der Waals surface area contributed by atoms with E-state index in [2.05, 4.69) is 17.2 Å². The van der Waals surface area contributed by atoms with Crippen molar-refractivity contribution in [1.29, 1.82) is 0 Å². The Labute approximate surface area is 174 Å². The summed E-state index contributed by atoms with van der Waals surface area (Å²) in [7, 11) is 0. The SMILES string of the molecule is CCc1ccc(NC(=O)C(C)OC(=O)CSc2cc(C)c3ccccc3n2)cc1. The fourth-order valence-electron chi connectivity index (χ4n) is 2.88. The number of hydrogen-bond acceptors (Lipinski definition) is 5. The van der Waals surface area contributed by atoms with Crippen LogP contribution in [0.4, 0.5) is 5.69 Å². The molecule has 0 aliphatic carbocycles. The van der Waals surface area contributed by atoms with Crippen LogP contribution in [0.15, 0.2) is 59.6 Å². The number of esters is 1. The maximum absolute atomic E-state index is 12.3. The smallest absolute Gasteiger partial charge is 0.317 e. The second kappa shape index (κ2) is 9.56. The van der Waals surface area contributed by atoms with Crippen LogP contribution >= 0.6 is 11.8 Å². The van der Waals surface area contributed by atoms with Gasteiger partial charge in [-0.2, -0.15) is 0 Å². The lowest BCUT2D eigenvalue weighted by Crippen LogP contribution is -2.30. The van der Waals surface area contributed by atoms with E-state index in [1.54, 1.807) is 6.92 Å². The predicted octanol–water partition coefficient (Wildman–Crippen LogP) is 4.77. The number of thioether (sulfide) groups is 1.